The van der Waals surface area contributed by atoms with Gasteiger partial charge in [-0.25, -0.2) is 0 Å². The Morgan fingerprint density at radius 1 is 1.43 bits per heavy atom. The number of ether oxygens (including phenoxy) is 1. The highest BCUT2D eigenvalue weighted by Crippen LogP contribution is 2.19. The van der Waals surface area contributed by atoms with Gasteiger partial charge in [-0.1, -0.05) is 19.9 Å². The van der Waals surface area contributed by atoms with E-state index in [1.807, 2.05) is 13.8 Å². The van der Waals surface area contributed by atoms with Gasteiger partial charge in [0.05, 0.1) is 11.0 Å². The van der Waals surface area contributed by atoms with Gasteiger partial charge in [0.1, 0.15) is 5.75 Å². The van der Waals surface area contributed by atoms with E-state index in [4.69, 9.17) is 10.5 Å². The molecule has 130 valence electrons. The molecule has 0 aliphatic heterocycles. The van der Waals surface area contributed by atoms with Gasteiger partial charge in [-0.15, -0.1) is 12.4 Å². The van der Waals surface area contributed by atoms with Crippen molar-refractivity contribution in [2.24, 2.45) is 11.7 Å². The van der Waals surface area contributed by atoms with Crippen LogP contribution in [0.2, 0.25) is 0 Å². The van der Waals surface area contributed by atoms with E-state index in [1.54, 1.807) is 18.0 Å². The number of carbonyl (C=O) groups is 1. The van der Waals surface area contributed by atoms with E-state index in [0.717, 1.165) is 6.42 Å². The van der Waals surface area contributed by atoms with Crippen LogP contribution in [0.3, 0.4) is 0 Å². The van der Waals surface area contributed by atoms with Crippen LogP contribution >= 0.6 is 12.4 Å². The molecule has 2 N–H and O–H groups in total. The molecule has 1 aromatic carbocycles. The molecule has 23 heavy (non-hydrogen) atoms. The Kier molecular flexibility index (Phi) is 9.21. The van der Waals surface area contributed by atoms with Crippen molar-refractivity contribution in [3.8, 4) is 5.75 Å². The largest absolute Gasteiger partial charge is 0.484 e. The molecule has 1 atom stereocenters. The van der Waals surface area contributed by atoms with E-state index in [0.29, 0.717) is 18.2 Å². The minimum absolute atomic E-state index is 0. The molecule has 1 rings (SSSR count). The van der Waals surface area contributed by atoms with Gasteiger partial charge in [-0.3, -0.25) is 14.9 Å². The fraction of sp³-hybridized carbons (Fsp3) is 0.533. The predicted octanol–water partition coefficient (Wildman–Crippen LogP) is 2.23. The van der Waals surface area contributed by atoms with E-state index in [2.05, 4.69) is 0 Å². The number of hydrogen-bond acceptors (Lipinski definition) is 5. The fourth-order valence-corrected chi connectivity index (χ4v) is 1.74. The molecular weight excluding hydrogens is 322 g/mol. The maximum absolute atomic E-state index is 11.9. The van der Waals surface area contributed by atoms with Crippen LogP contribution in [0.4, 0.5) is 5.69 Å². The van der Waals surface area contributed by atoms with Crippen LogP contribution in [0.15, 0.2) is 24.3 Å². The molecular formula is C15H24ClN3O4. The van der Waals surface area contributed by atoms with Gasteiger partial charge >= 0.3 is 0 Å². The van der Waals surface area contributed by atoms with Crippen LogP contribution in [0.1, 0.15) is 20.3 Å². The standard InChI is InChI=1S/C15H23N3O4.ClH/c1-11(2)14(16)7-8-17(3)15(19)10-22-13-6-4-5-12(9-13)18(20)21;/h4-6,9,11,14H,7-8,10,16H2,1-3H3;1H. The number of carbonyl (C=O) groups excluding carboxylic acids is 1. The van der Waals surface area contributed by atoms with Crippen LogP contribution in [0.25, 0.3) is 0 Å². The Bertz CT molecular complexity index is 525. The van der Waals surface area contributed by atoms with Gasteiger partial charge in [-0.2, -0.15) is 0 Å². The number of nitro benzene ring substituents is 1. The normalized spacial score (nSPS) is 11.5. The minimum atomic E-state index is -0.506. The maximum Gasteiger partial charge on any atom is 0.273 e. The quantitative estimate of drug-likeness (QED) is 0.575. The van der Waals surface area contributed by atoms with Crippen molar-refractivity contribution >= 4 is 24.0 Å². The number of nitrogens with two attached hydrogens (primary N) is 1. The zero-order chi connectivity index (χ0) is 16.7. The van der Waals surface area contributed by atoms with Crippen LogP contribution in [-0.2, 0) is 4.79 Å². The smallest absolute Gasteiger partial charge is 0.273 e. The molecule has 0 aliphatic carbocycles. The van der Waals surface area contributed by atoms with E-state index in [-0.39, 0.29) is 36.7 Å². The lowest BCUT2D eigenvalue weighted by Gasteiger charge is -2.21. The van der Waals surface area contributed by atoms with Crippen molar-refractivity contribution in [2.45, 2.75) is 26.3 Å². The lowest BCUT2D eigenvalue weighted by Crippen LogP contribution is -2.36. The summed E-state index contributed by atoms with van der Waals surface area (Å²) in [6.07, 6.45) is 0.719. The minimum Gasteiger partial charge on any atom is -0.484 e. The molecule has 0 bridgehead atoms. The fourth-order valence-electron chi connectivity index (χ4n) is 1.74. The number of hydrogen-bond donors (Lipinski definition) is 1. The highest BCUT2D eigenvalue weighted by atomic mass is 35.5. The number of likely N-dealkylation sites (N-methyl/N-ethyl adjacent to an activating group) is 1. The number of rotatable bonds is 8. The molecule has 1 aromatic rings. The summed E-state index contributed by atoms with van der Waals surface area (Å²) in [6, 6.07) is 5.81. The third kappa shape index (κ3) is 7.30. The predicted molar refractivity (Wildman–Crippen MR) is 90.9 cm³/mol. The van der Waals surface area contributed by atoms with Gasteiger partial charge in [0.2, 0.25) is 0 Å². The molecule has 8 heteroatoms. The Labute approximate surface area is 142 Å². The average Bonchev–Trinajstić information content (AvgIpc) is 2.49. The Hall–Kier alpha value is -1.86. The lowest BCUT2D eigenvalue weighted by atomic mass is 10.0. The molecule has 0 aliphatic rings. The molecule has 0 spiro atoms. The summed E-state index contributed by atoms with van der Waals surface area (Å²) < 4.78 is 5.31. The summed E-state index contributed by atoms with van der Waals surface area (Å²) in [7, 11) is 1.69. The maximum atomic E-state index is 11.9. The monoisotopic (exact) mass is 345 g/mol. The van der Waals surface area contributed by atoms with Crippen molar-refractivity contribution in [3.05, 3.63) is 34.4 Å². The topological polar surface area (TPSA) is 98.7 Å². The van der Waals surface area contributed by atoms with E-state index in [9.17, 15) is 14.9 Å². The van der Waals surface area contributed by atoms with E-state index < -0.39 is 4.92 Å². The Morgan fingerprint density at radius 2 is 2.09 bits per heavy atom. The Morgan fingerprint density at radius 3 is 2.65 bits per heavy atom. The molecule has 0 heterocycles. The third-order valence-corrected chi connectivity index (χ3v) is 3.47. The number of nitrogens with zero attached hydrogens (tertiary/aromatic N) is 2. The summed E-state index contributed by atoms with van der Waals surface area (Å²) in [4.78, 5) is 23.7. The van der Waals surface area contributed by atoms with Gasteiger partial charge in [0.25, 0.3) is 11.6 Å². The zero-order valence-corrected chi connectivity index (χ0v) is 14.4. The molecule has 1 amide bonds. The first kappa shape index (κ1) is 21.1. The van der Waals surface area contributed by atoms with Gasteiger partial charge in [-0.05, 0) is 18.4 Å². The number of benzene rings is 1. The van der Waals surface area contributed by atoms with Gasteiger partial charge < -0.3 is 15.4 Å². The van der Waals surface area contributed by atoms with Crippen molar-refractivity contribution in [1.29, 1.82) is 0 Å². The molecule has 0 saturated heterocycles. The summed E-state index contributed by atoms with van der Waals surface area (Å²) in [5, 5.41) is 10.7. The number of non-ortho nitro benzene ring substituents is 1. The number of amides is 1. The van der Waals surface area contributed by atoms with E-state index >= 15 is 0 Å². The second-order valence-electron chi connectivity index (χ2n) is 5.55. The van der Waals surface area contributed by atoms with Crippen LogP contribution in [-0.4, -0.2) is 42.0 Å². The first-order valence-electron chi connectivity index (χ1n) is 7.18. The molecule has 0 saturated carbocycles. The second kappa shape index (κ2) is 10.0. The van der Waals surface area contributed by atoms with Gasteiger partial charge in [0.15, 0.2) is 6.61 Å². The molecule has 7 nitrogen and oxygen atoms in total. The summed E-state index contributed by atoms with van der Waals surface area (Å²) in [5.41, 5.74) is 5.87. The summed E-state index contributed by atoms with van der Waals surface area (Å²) >= 11 is 0. The second-order valence-corrected chi connectivity index (χ2v) is 5.55. The van der Waals surface area contributed by atoms with E-state index in [1.165, 1.54) is 18.2 Å². The highest BCUT2D eigenvalue weighted by Gasteiger charge is 2.14. The molecule has 0 aromatic heterocycles. The van der Waals surface area contributed by atoms with Crippen molar-refractivity contribution in [2.75, 3.05) is 20.2 Å². The molecule has 0 fully saturated rings. The SMILES string of the molecule is CC(C)C(N)CCN(C)C(=O)COc1cccc([N+](=O)[O-])c1.Cl. The number of nitro groups is 1. The average molecular weight is 346 g/mol. The highest BCUT2D eigenvalue weighted by molar-refractivity contribution is 5.85. The lowest BCUT2D eigenvalue weighted by molar-refractivity contribution is -0.384. The number of halogens is 1. The summed E-state index contributed by atoms with van der Waals surface area (Å²) in [6.45, 7) is 4.47. The van der Waals surface area contributed by atoms with Crippen molar-refractivity contribution in [1.82, 2.24) is 4.90 Å². The first-order chi connectivity index (χ1) is 10.3. The first-order valence-corrected chi connectivity index (χ1v) is 7.18. The third-order valence-electron chi connectivity index (χ3n) is 3.47. The van der Waals surface area contributed by atoms with Crippen LogP contribution in [0.5, 0.6) is 5.75 Å². The summed E-state index contributed by atoms with van der Waals surface area (Å²) in [5.74, 6) is 0.474. The van der Waals surface area contributed by atoms with Gasteiger partial charge in [0, 0.05) is 25.7 Å². The van der Waals surface area contributed by atoms with Crippen molar-refractivity contribution < 1.29 is 14.5 Å². The Balaban J connectivity index is 0.00000484. The van der Waals surface area contributed by atoms with Crippen LogP contribution < -0.4 is 10.5 Å². The zero-order valence-electron chi connectivity index (χ0n) is 13.6. The molecule has 1 unspecified atom stereocenters. The molecule has 0 radical (unpaired) electrons. The van der Waals surface area contributed by atoms with Crippen molar-refractivity contribution in [3.63, 3.8) is 0 Å². The van der Waals surface area contributed by atoms with Crippen LogP contribution in [0, 0.1) is 16.0 Å².